The number of imide groups is 1. The highest BCUT2D eigenvalue weighted by molar-refractivity contribution is 6.30. The molecule has 0 radical (unpaired) electrons. The molecule has 0 spiro atoms. The van der Waals surface area contributed by atoms with Crippen molar-refractivity contribution in [3.63, 3.8) is 0 Å². The van der Waals surface area contributed by atoms with Crippen molar-refractivity contribution in [2.24, 2.45) is 0 Å². The molecule has 1 N–H and O–H groups in total. The smallest absolute Gasteiger partial charge is 0.325 e. The summed E-state index contributed by atoms with van der Waals surface area (Å²) in [6.07, 6.45) is 1.42. The minimum atomic E-state index is -0.466. The summed E-state index contributed by atoms with van der Waals surface area (Å²) >= 11 is 5.93. The van der Waals surface area contributed by atoms with Gasteiger partial charge in [-0.15, -0.1) is 0 Å². The number of benzene rings is 1. The van der Waals surface area contributed by atoms with Gasteiger partial charge in [-0.05, 0) is 24.6 Å². The number of aromatic nitrogens is 2. The van der Waals surface area contributed by atoms with Crippen molar-refractivity contribution >= 4 is 23.5 Å². The Morgan fingerprint density at radius 3 is 2.96 bits per heavy atom. The Kier molecular flexibility index (Phi) is 4.29. The fraction of sp³-hybridized carbons (Fsp3) is 0.333. The predicted molar refractivity (Wildman–Crippen MR) is 82.5 cm³/mol. The van der Waals surface area contributed by atoms with E-state index in [2.05, 4.69) is 15.5 Å². The van der Waals surface area contributed by atoms with Crippen LogP contribution in [-0.4, -0.2) is 33.0 Å². The van der Waals surface area contributed by atoms with E-state index in [4.69, 9.17) is 16.1 Å². The minimum absolute atomic E-state index is 0.0189. The fourth-order valence-electron chi connectivity index (χ4n) is 2.41. The van der Waals surface area contributed by atoms with Crippen LogP contribution in [0.3, 0.4) is 0 Å². The molecule has 0 saturated carbocycles. The van der Waals surface area contributed by atoms with Crippen LogP contribution in [0.25, 0.3) is 11.5 Å². The molecule has 1 unspecified atom stereocenters. The van der Waals surface area contributed by atoms with Gasteiger partial charge < -0.3 is 9.84 Å². The second-order valence-corrected chi connectivity index (χ2v) is 5.68. The van der Waals surface area contributed by atoms with Gasteiger partial charge in [-0.3, -0.25) is 9.69 Å². The van der Waals surface area contributed by atoms with Gasteiger partial charge in [0.2, 0.25) is 0 Å². The van der Waals surface area contributed by atoms with Crippen LogP contribution in [-0.2, 0) is 11.3 Å². The topological polar surface area (TPSA) is 88.3 Å². The zero-order valence-electron chi connectivity index (χ0n) is 12.5. The Labute approximate surface area is 137 Å². The van der Waals surface area contributed by atoms with Gasteiger partial charge in [-0.2, -0.15) is 4.98 Å². The lowest BCUT2D eigenvalue weighted by molar-refractivity contribution is -0.128. The molecular weight excluding hydrogens is 320 g/mol. The third-order valence-corrected chi connectivity index (χ3v) is 3.76. The number of rotatable bonds is 5. The SMILES string of the molecule is CCCC1NC(=O)N(Cc2noc(-c3cccc(Cl)c3)n2)C1=O. The van der Waals surface area contributed by atoms with Crippen LogP contribution in [0.15, 0.2) is 28.8 Å². The lowest BCUT2D eigenvalue weighted by Gasteiger charge is -2.09. The molecular formula is C15H15ClN4O3. The van der Waals surface area contributed by atoms with E-state index in [1.807, 2.05) is 6.92 Å². The number of urea groups is 1. The molecule has 23 heavy (non-hydrogen) atoms. The molecule has 7 nitrogen and oxygen atoms in total. The summed E-state index contributed by atoms with van der Waals surface area (Å²) in [5.41, 5.74) is 0.678. The Hall–Kier alpha value is -2.41. The van der Waals surface area contributed by atoms with Crippen molar-refractivity contribution in [3.05, 3.63) is 35.1 Å². The molecule has 1 aliphatic heterocycles. The van der Waals surface area contributed by atoms with Crippen LogP contribution in [0.2, 0.25) is 5.02 Å². The summed E-state index contributed by atoms with van der Waals surface area (Å²) in [5.74, 6) is 0.297. The van der Waals surface area contributed by atoms with Crippen molar-refractivity contribution in [2.45, 2.75) is 32.4 Å². The van der Waals surface area contributed by atoms with Crippen LogP contribution in [0.5, 0.6) is 0 Å². The number of nitrogens with one attached hydrogen (secondary N) is 1. The van der Waals surface area contributed by atoms with Crippen LogP contribution < -0.4 is 5.32 Å². The maximum Gasteiger partial charge on any atom is 0.325 e. The van der Waals surface area contributed by atoms with E-state index in [1.165, 1.54) is 0 Å². The van der Waals surface area contributed by atoms with Crippen molar-refractivity contribution < 1.29 is 14.1 Å². The van der Waals surface area contributed by atoms with Gasteiger partial charge in [0.15, 0.2) is 5.82 Å². The summed E-state index contributed by atoms with van der Waals surface area (Å²) in [5, 5.41) is 7.03. The third kappa shape index (κ3) is 3.19. The van der Waals surface area contributed by atoms with Gasteiger partial charge in [0, 0.05) is 10.6 Å². The van der Waals surface area contributed by atoms with Gasteiger partial charge in [-0.1, -0.05) is 36.2 Å². The first kappa shape index (κ1) is 15.5. The molecule has 120 valence electrons. The molecule has 1 atom stereocenters. The first-order valence-electron chi connectivity index (χ1n) is 7.29. The van der Waals surface area contributed by atoms with E-state index < -0.39 is 12.1 Å². The molecule has 1 aromatic heterocycles. The molecule has 1 saturated heterocycles. The van der Waals surface area contributed by atoms with E-state index in [9.17, 15) is 9.59 Å². The van der Waals surface area contributed by atoms with Crippen LogP contribution in [0.1, 0.15) is 25.6 Å². The maximum atomic E-state index is 12.2. The van der Waals surface area contributed by atoms with E-state index in [1.54, 1.807) is 24.3 Å². The second kappa shape index (κ2) is 6.37. The predicted octanol–water partition coefficient (Wildman–Crippen LogP) is 2.61. The normalized spacial score (nSPS) is 17.7. The van der Waals surface area contributed by atoms with Crippen LogP contribution >= 0.6 is 11.6 Å². The lowest BCUT2D eigenvalue weighted by atomic mass is 10.2. The standard InChI is InChI=1S/C15H15ClN4O3/c1-2-4-11-14(21)20(15(22)17-11)8-12-18-13(23-19-12)9-5-3-6-10(16)7-9/h3,5-7,11H,2,4,8H2,1H3,(H,17,22). The van der Waals surface area contributed by atoms with Crippen LogP contribution in [0, 0.1) is 0 Å². The lowest BCUT2D eigenvalue weighted by Crippen LogP contribution is -2.31. The van der Waals surface area contributed by atoms with E-state index >= 15 is 0 Å². The largest absolute Gasteiger partial charge is 0.334 e. The van der Waals surface area contributed by atoms with Crippen LogP contribution in [0.4, 0.5) is 4.79 Å². The minimum Gasteiger partial charge on any atom is -0.334 e. The number of carbonyl (C=O) groups is 2. The number of amides is 3. The number of hydrogen-bond donors (Lipinski definition) is 1. The summed E-state index contributed by atoms with van der Waals surface area (Å²) < 4.78 is 5.17. The molecule has 3 amide bonds. The molecule has 8 heteroatoms. The maximum absolute atomic E-state index is 12.2. The van der Waals surface area contributed by atoms with Gasteiger partial charge in [0.1, 0.15) is 6.04 Å². The molecule has 2 aromatic rings. The quantitative estimate of drug-likeness (QED) is 0.849. The monoisotopic (exact) mass is 334 g/mol. The highest BCUT2D eigenvalue weighted by Crippen LogP contribution is 2.22. The number of hydrogen-bond acceptors (Lipinski definition) is 5. The molecule has 0 aliphatic carbocycles. The number of carbonyl (C=O) groups excluding carboxylic acids is 2. The zero-order chi connectivity index (χ0) is 16.4. The van der Waals surface area contributed by atoms with Crippen molar-refractivity contribution in [3.8, 4) is 11.5 Å². The van der Waals surface area contributed by atoms with Crippen molar-refractivity contribution in [2.75, 3.05) is 0 Å². The summed E-state index contributed by atoms with van der Waals surface area (Å²) in [4.78, 5) is 29.4. The molecule has 1 aromatic carbocycles. The van der Waals surface area contributed by atoms with Crippen molar-refractivity contribution in [1.82, 2.24) is 20.4 Å². The molecule has 3 rings (SSSR count). The Morgan fingerprint density at radius 1 is 1.39 bits per heavy atom. The molecule has 0 bridgehead atoms. The number of halogens is 1. The summed E-state index contributed by atoms with van der Waals surface area (Å²) in [6, 6.07) is 6.10. The highest BCUT2D eigenvalue weighted by Gasteiger charge is 2.37. The van der Waals surface area contributed by atoms with E-state index in [0.717, 1.165) is 11.3 Å². The fourth-order valence-corrected chi connectivity index (χ4v) is 2.60. The Balaban J connectivity index is 1.74. The first-order chi connectivity index (χ1) is 11.1. The van der Waals surface area contributed by atoms with Gasteiger partial charge in [0.25, 0.3) is 11.8 Å². The zero-order valence-corrected chi connectivity index (χ0v) is 13.2. The molecule has 2 heterocycles. The highest BCUT2D eigenvalue weighted by atomic mass is 35.5. The third-order valence-electron chi connectivity index (χ3n) is 3.52. The molecule has 1 aliphatic rings. The van der Waals surface area contributed by atoms with Gasteiger partial charge in [-0.25, -0.2) is 4.79 Å². The average molecular weight is 335 g/mol. The Morgan fingerprint density at radius 2 is 2.22 bits per heavy atom. The number of nitrogens with zero attached hydrogens (tertiary/aromatic N) is 3. The van der Waals surface area contributed by atoms with Crippen molar-refractivity contribution in [1.29, 1.82) is 0 Å². The molecule has 1 fully saturated rings. The van der Waals surface area contributed by atoms with Gasteiger partial charge in [0.05, 0.1) is 6.54 Å². The van der Waals surface area contributed by atoms with E-state index in [0.29, 0.717) is 22.9 Å². The average Bonchev–Trinajstić information content (AvgIpc) is 3.09. The summed E-state index contributed by atoms with van der Waals surface area (Å²) in [6.45, 7) is 1.94. The Bertz CT molecular complexity index is 746. The second-order valence-electron chi connectivity index (χ2n) is 5.24. The first-order valence-corrected chi connectivity index (χ1v) is 7.66. The summed E-state index contributed by atoms with van der Waals surface area (Å²) in [7, 11) is 0. The van der Waals surface area contributed by atoms with Gasteiger partial charge >= 0.3 is 6.03 Å². The van der Waals surface area contributed by atoms with E-state index in [-0.39, 0.29) is 18.3 Å².